The van der Waals surface area contributed by atoms with Crippen LogP contribution in [-0.2, 0) is 4.79 Å². The van der Waals surface area contributed by atoms with E-state index in [1.807, 2.05) is 6.92 Å². The zero-order valence-electron chi connectivity index (χ0n) is 10.8. The van der Waals surface area contributed by atoms with Gasteiger partial charge in [0.25, 0.3) is 0 Å². The molecule has 1 heterocycles. The fourth-order valence-corrected chi connectivity index (χ4v) is 2.23. The first kappa shape index (κ1) is 13.9. The predicted molar refractivity (Wildman–Crippen MR) is 74.2 cm³/mol. The lowest BCUT2D eigenvalue weighted by Gasteiger charge is -2.29. The molecule has 0 fully saturated rings. The number of nitrogens with zero attached hydrogens (tertiary/aromatic N) is 1. The number of carbonyl (C=O) groups excluding carboxylic acids is 2. The Hall–Kier alpha value is -1.55. The fourth-order valence-electron chi connectivity index (χ4n) is 2.08. The third-order valence-corrected chi connectivity index (χ3v) is 3.27. The zero-order chi connectivity index (χ0) is 13.8. The minimum absolute atomic E-state index is 0.0579. The summed E-state index contributed by atoms with van der Waals surface area (Å²) in [7, 11) is 0. The molecule has 0 spiro atoms. The SMILES string of the molecule is CCCC(=O)N1CCOc2ccc(C(=O)CCl)cc21. The van der Waals surface area contributed by atoms with Gasteiger partial charge in [0.15, 0.2) is 5.78 Å². The Morgan fingerprint density at radius 2 is 2.21 bits per heavy atom. The molecule has 1 aromatic rings. The summed E-state index contributed by atoms with van der Waals surface area (Å²) in [5.74, 6) is 0.477. The van der Waals surface area contributed by atoms with Crippen molar-refractivity contribution in [1.82, 2.24) is 0 Å². The molecule has 102 valence electrons. The van der Waals surface area contributed by atoms with Crippen LogP contribution in [0.25, 0.3) is 0 Å². The second-order valence-corrected chi connectivity index (χ2v) is 4.65. The number of alkyl halides is 1. The van der Waals surface area contributed by atoms with E-state index in [0.29, 0.717) is 36.6 Å². The number of halogens is 1. The lowest BCUT2D eigenvalue weighted by Crippen LogP contribution is -2.37. The van der Waals surface area contributed by atoms with Crippen LogP contribution in [0, 0.1) is 0 Å². The van der Waals surface area contributed by atoms with Gasteiger partial charge in [0.1, 0.15) is 12.4 Å². The van der Waals surface area contributed by atoms with Crippen molar-refractivity contribution in [3.8, 4) is 5.75 Å². The minimum Gasteiger partial charge on any atom is -0.490 e. The first-order chi connectivity index (χ1) is 9.17. The molecule has 0 aliphatic carbocycles. The molecule has 2 rings (SSSR count). The van der Waals surface area contributed by atoms with Gasteiger partial charge in [0, 0.05) is 12.0 Å². The molecule has 0 radical (unpaired) electrons. The number of amides is 1. The number of carbonyl (C=O) groups is 2. The van der Waals surface area contributed by atoms with E-state index in [2.05, 4.69) is 0 Å². The third kappa shape index (κ3) is 2.89. The number of benzene rings is 1. The van der Waals surface area contributed by atoms with Crippen LogP contribution in [0.5, 0.6) is 5.75 Å². The van der Waals surface area contributed by atoms with Gasteiger partial charge < -0.3 is 9.64 Å². The van der Waals surface area contributed by atoms with Crippen LogP contribution in [-0.4, -0.2) is 30.7 Å². The van der Waals surface area contributed by atoms with Gasteiger partial charge in [-0.2, -0.15) is 0 Å². The first-order valence-electron chi connectivity index (χ1n) is 6.33. The van der Waals surface area contributed by atoms with Crippen molar-refractivity contribution in [3.05, 3.63) is 23.8 Å². The average Bonchev–Trinajstić information content (AvgIpc) is 2.45. The Kier molecular flexibility index (Phi) is 4.43. The number of rotatable bonds is 4. The van der Waals surface area contributed by atoms with Gasteiger partial charge in [-0.3, -0.25) is 9.59 Å². The Morgan fingerprint density at radius 1 is 1.42 bits per heavy atom. The number of hydrogen-bond donors (Lipinski definition) is 0. The molecule has 0 N–H and O–H groups in total. The van der Waals surface area contributed by atoms with Gasteiger partial charge in [0.2, 0.25) is 5.91 Å². The normalized spacial score (nSPS) is 13.7. The van der Waals surface area contributed by atoms with Crippen LogP contribution in [0.1, 0.15) is 30.1 Å². The highest BCUT2D eigenvalue weighted by atomic mass is 35.5. The molecular formula is C14H16ClNO3. The summed E-state index contributed by atoms with van der Waals surface area (Å²) >= 11 is 5.56. The standard InChI is InChI=1S/C14H16ClNO3/c1-2-3-14(18)16-6-7-19-13-5-4-10(8-11(13)16)12(17)9-15/h4-5,8H,2-3,6-7,9H2,1H3. The van der Waals surface area contributed by atoms with Crippen molar-refractivity contribution in [1.29, 1.82) is 0 Å². The Morgan fingerprint density at radius 3 is 2.89 bits per heavy atom. The summed E-state index contributed by atoms with van der Waals surface area (Å²) in [5.41, 5.74) is 1.18. The molecule has 0 aromatic heterocycles. The van der Waals surface area contributed by atoms with E-state index < -0.39 is 0 Å². The highest BCUT2D eigenvalue weighted by molar-refractivity contribution is 6.30. The molecule has 0 bridgehead atoms. The van der Waals surface area contributed by atoms with E-state index in [1.54, 1.807) is 23.1 Å². The molecule has 0 saturated heterocycles. The van der Waals surface area contributed by atoms with Gasteiger partial charge >= 0.3 is 0 Å². The monoisotopic (exact) mass is 281 g/mol. The van der Waals surface area contributed by atoms with Crippen molar-refractivity contribution in [2.75, 3.05) is 23.9 Å². The molecule has 19 heavy (non-hydrogen) atoms. The first-order valence-corrected chi connectivity index (χ1v) is 6.87. The maximum atomic E-state index is 12.1. The summed E-state index contributed by atoms with van der Waals surface area (Å²) in [5, 5.41) is 0. The zero-order valence-corrected chi connectivity index (χ0v) is 11.6. The van der Waals surface area contributed by atoms with Crippen LogP contribution >= 0.6 is 11.6 Å². The molecular weight excluding hydrogens is 266 g/mol. The number of anilines is 1. The number of Topliss-reactive ketones (excluding diaryl/α,β-unsaturated/α-hetero) is 1. The smallest absolute Gasteiger partial charge is 0.227 e. The Balaban J connectivity index is 2.35. The highest BCUT2D eigenvalue weighted by Gasteiger charge is 2.24. The molecule has 0 unspecified atom stereocenters. The van der Waals surface area contributed by atoms with Crippen molar-refractivity contribution in [2.45, 2.75) is 19.8 Å². The van der Waals surface area contributed by atoms with E-state index >= 15 is 0 Å². The van der Waals surface area contributed by atoms with Gasteiger partial charge in [-0.15, -0.1) is 11.6 Å². The summed E-state index contributed by atoms with van der Waals surface area (Å²) in [6, 6.07) is 5.09. The van der Waals surface area contributed by atoms with Crippen LogP contribution in [0.4, 0.5) is 5.69 Å². The van der Waals surface area contributed by atoms with Gasteiger partial charge in [-0.25, -0.2) is 0 Å². The molecule has 1 aliphatic rings. The molecule has 1 aromatic carbocycles. The predicted octanol–water partition coefficient (Wildman–Crippen LogP) is 2.63. The minimum atomic E-state index is -0.155. The Bertz CT molecular complexity index is 501. The van der Waals surface area contributed by atoms with E-state index in [9.17, 15) is 9.59 Å². The number of hydrogen-bond acceptors (Lipinski definition) is 3. The second kappa shape index (κ2) is 6.06. The summed E-state index contributed by atoms with van der Waals surface area (Å²) in [6.45, 7) is 2.96. The van der Waals surface area contributed by atoms with Crippen molar-refractivity contribution in [3.63, 3.8) is 0 Å². The summed E-state index contributed by atoms with van der Waals surface area (Å²) < 4.78 is 5.51. The molecule has 0 atom stereocenters. The highest BCUT2D eigenvalue weighted by Crippen LogP contribution is 2.33. The number of fused-ring (bicyclic) bond motifs is 1. The fraction of sp³-hybridized carbons (Fsp3) is 0.429. The molecule has 4 nitrogen and oxygen atoms in total. The van der Waals surface area contributed by atoms with Crippen LogP contribution < -0.4 is 9.64 Å². The van der Waals surface area contributed by atoms with Gasteiger partial charge in [0.05, 0.1) is 18.1 Å². The maximum Gasteiger partial charge on any atom is 0.227 e. The Labute approximate surface area is 117 Å². The summed E-state index contributed by atoms with van der Waals surface area (Å²) in [4.78, 5) is 25.4. The van der Waals surface area contributed by atoms with Crippen LogP contribution in [0.15, 0.2) is 18.2 Å². The van der Waals surface area contributed by atoms with Crippen molar-refractivity contribution < 1.29 is 14.3 Å². The quantitative estimate of drug-likeness (QED) is 0.630. The molecule has 1 amide bonds. The molecule has 1 aliphatic heterocycles. The topological polar surface area (TPSA) is 46.6 Å². The van der Waals surface area contributed by atoms with Crippen LogP contribution in [0.2, 0.25) is 0 Å². The lowest BCUT2D eigenvalue weighted by molar-refractivity contribution is -0.118. The maximum absolute atomic E-state index is 12.1. The van der Waals surface area contributed by atoms with Crippen molar-refractivity contribution in [2.24, 2.45) is 0 Å². The van der Waals surface area contributed by atoms with Crippen molar-refractivity contribution >= 4 is 29.0 Å². The van der Waals surface area contributed by atoms with E-state index in [4.69, 9.17) is 16.3 Å². The number of ether oxygens (including phenoxy) is 1. The van der Waals surface area contributed by atoms with E-state index in [1.165, 1.54) is 0 Å². The van der Waals surface area contributed by atoms with E-state index in [-0.39, 0.29) is 17.6 Å². The van der Waals surface area contributed by atoms with Gasteiger partial charge in [-0.05, 0) is 24.6 Å². The molecule has 0 saturated carbocycles. The lowest BCUT2D eigenvalue weighted by atomic mass is 10.1. The van der Waals surface area contributed by atoms with Gasteiger partial charge in [-0.1, -0.05) is 6.92 Å². The molecule has 5 heteroatoms. The van der Waals surface area contributed by atoms with E-state index in [0.717, 1.165) is 6.42 Å². The number of ketones is 1. The van der Waals surface area contributed by atoms with Crippen LogP contribution in [0.3, 0.4) is 0 Å². The summed E-state index contributed by atoms with van der Waals surface area (Å²) in [6.07, 6.45) is 1.29. The average molecular weight is 282 g/mol. The largest absolute Gasteiger partial charge is 0.490 e. The second-order valence-electron chi connectivity index (χ2n) is 4.38. The third-order valence-electron chi connectivity index (χ3n) is 3.03.